The minimum atomic E-state index is 0.0832. The van der Waals surface area contributed by atoms with E-state index in [-0.39, 0.29) is 12.4 Å². The van der Waals surface area contributed by atoms with Crippen LogP contribution in [-0.4, -0.2) is 25.5 Å². The van der Waals surface area contributed by atoms with Crippen LogP contribution in [0.4, 0.5) is 0 Å². The van der Waals surface area contributed by atoms with E-state index < -0.39 is 0 Å². The highest BCUT2D eigenvalue weighted by atomic mass is 16.5. The van der Waals surface area contributed by atoms with E-state index in [0.717, 1.165) is 16.3 Å². The second-order valence-corrected chi connectivity index (χ2v) is 4.19. The van der Waals surface area contributed by atoms with Crippen LogP contribution in [0.1, 0.15) is 5.56 Å². The average Bonchev–Trinajstić information content (AvgIpc) is 2.39. The summed E-state index contributed by atoms with van der Waals surface area (Å²) in [5.74, 6) is 0.0832. The molecule has 3 heteroatoms. The summed E-state index contributed by atoms with van der Waals surface area (Å²) in [5.41, 5.74) is 6.36. The first kappa shape index (κ1) is 12.7. The van der Waals surface area contributed by atoms with Crippen molar-refractivity contribution in [1.82, 2.24) is 0 Å². The number of hydrogen-bond acceptors (Lipinski definition) is 3. The summed E-state index contributed by atoms with van der Waals surface area (Å²) in [6.45, 7) is 1.02. The van der Waals surface area contributed by atoms with Crippen molar-refractivity contribution in [3.8, 4) is 0 Å². The first-order valence-electron chi connectivity index (χ1n) is 6.07. The number of ether oxygens (including phenoxy) is 1. The number of benzene rings is 2. The van der Waals surface area contributed by atoms with E-state index >= 15 is 0 Å². The summed E-state index contributed by atoms with van der Waals surface area (Å²) < 4.78 is 5.15. The number of Topliss-reactive ketones (excluding diaryl/α,β-unsaturated/α-hetero) is 1. The molecule has 0 atom stereocenters. The molecule has 0 saturated heterocycles. The van der Waals surface area contributed by atoms with Gasteiger partial charge in [0.1, 0.15) is 6.61 Å². The lowest BCUT2D eigenvalue weighted by molar-refractivity contribution is -0.122. The van der Waals surface area contributed by atoms with Gasteiger partial charge in [0.15, 0.2) is 5.78 Å². The van der Waals surface area contributed by atoms with E-state index in [1.165, 1.54) is 0 Å². The van der Waals surface area contributed by atoms with Crippen LogP contribution in [0.15, 0.2) is 42.5 Å². The smallest absolute Gasteiger partial charge is 0.162 e. The quantitative estimate of drug-likeness (QED) is 0.789. The van der Waals surface area contributed by atoms with Gasteiger partial charge in [-0.1, -0.05) is 42.5 Å². The van der Waals surface area contributed by atoms with Gasteiger partial charge in [-0.15, -0.1) is 0 Å². The van der Waals surface area contributed by atoms with E-state index in [1.54, 1.807) is 0 Å². The molecule has 2 aromatic carbocycles. The van der Waals surface area contributed by atoms with Gasteiger partial charge in [-0.05, 0) is 16.3 Å². The van der Waals surface area contributed by atoms with Gasteiger partial charge in [-0.3, -0.25) is 4.79 Å². The zero-order valence-corrected chi connectivity index (χ0v) is 10.3. The highest BCUT2D eigenvalue weighted by Gasteiger charge is 2.06. The molecular formula is C15H17NO2. The van der Waals surface area contributed by atoms with Gasteiger partial charge in [0.05, 0.1) is 6.61 Å². The standard InChI is InChI=1S/C15H17NO2/c16-8-9-18-11-14(17)10-13-6-3-5-12-4-1-2-7-15(12)13/h1-7H,8-11,16H2. The van der Waals surface area contributed by atoms with E-state index in [0.29, 0.717) is 19.6 Å². The van der Waals surface area contributed by atoms with Gasteiger partial charge in [0.2, 0.25) is 0 Å². The third kappa shape index (κ3) is 3.15. The Morgan fingerprint density at radius 1 is 1.11 bits per heavy atom. The summed E-state index contributed by atoms with van der Waals surface area (Å²) in [5, 5.41) is 2.29. The molecule has 18 heavy (non-hydrogen) atoms. The Bertz CT molecular complexity index is 532. The summed E-state index contributed by atoms with van der Waals surface area (Å²) in [7, 11) is 0. The van der Waals surface area contributed by atoms with Gasteiger partial charge < -0.3 is 10.5 Å². The van der Waals surface area contributed by atoms with Crippen molar-refractivity contribution in [3.05, 3.63) is 48.0 Å². The van der Waals surface area contributed by atoms with E-state index in [1.807, 2.05) is 42.5 Å². The van der Waals surface area contributed by atoms with Crippen molar-refractivity contribution in [3.63, 3.8) is 0 Å². The molecule has 94 valence electrons. The number of hydrogen-bond donors (Lipinski definition) is 1. The van der Waals surface area contributed by atoms with Gasteiger partial charge in [0.25, 0.3) is 0 Å². The van der Waals surface area contributed by atoms with Crippen LogP contribution in [0.25, 0.3) is 10.8 Å². The van der Waals surface area contributed by atoms with Crippen molar-refractivity contribution in [2.75, 3.05) is 19.8 Å². The number of fused-ring (bicyclic) bond motifs is 1. The van der Waals surface area contributed by atoms with Crippen molar-refractivity contribution in [2.24, 2.45) is 5.73 Å². The van der Waals surface area contributed by atoms with Crippen LogP contribution in [-0.2, 0) is 16.0 Å². The zero-order valence-electron chi connectivity index (χ0n) is 10.3. The fourth-order valence-corrected chi connectivity index (χ4v) is 1.98. The Hall–Kier alpha value is -1.71. The van der Waals surface area contributed by atoms with Crippen LogP contribution in [0.5, 0.6) is 0 Å². The largest absolute Gasteiger partial charge is 0.372 e. The zero-order chi connectivity index (χ0) is 12.8. The van der Waals surface area contributed by atoms with Crippen LogP contribution in [0.2, 0.25) is 0 Å². The highest BCUT2D eigenvalue weighted by molar-refractivity contribution is 5.91. The van der Waals surface area contributed by atoms with E-state index in [2.05, 4.69) is 0 Å². The molecule has 0 saturated carbocycles. The molecular weight excluding hydrogens is 226 g/mol. The number of rotatable bonds is 6. The first-order chi connectivity index (χ1) is 8.81. The Morgan fingerprint density at radius 2 is 1.89 bits per heavy atom. The van der Waals surface area contributed by atoms with Crippen LogP contribution < -0.4 is 5.73 Å². The van der Waals surface area contributed by atoms with Crippen LogP contribution >= 0.6 is 0 Å². The third-order valence-electron chi connectivity index (χ3n) is 2.79. The molecule has 0 aliphatic carbocycles. The first-order valence-corrected chi connectivity index (χ1v) is 6.07. The van der Waals surface area contributed by atoms with Crippen LogP contribution in [0.3, 0.4) is 0 Å². The molecule has 3 nitrogen and oxygen atoms in total. The number of carbonyl (C=O) groups excluding carboxylic acids is 1. The Kier molecular flexibility index (Phi) is 4.45. The maximum atomic E-state index is 11.8. The minimum Gasteiger partial charge on any atom is -0.372 e. The summed E-state index contributed by atoms with van der Waals surface area (Å²) >= 11 is 0. The lowest BCUT2D eigenvalue weighted by Gasteiger charge is -2.06. The molecule has 0 aliphatic heterocycles. The summed E-state index contributed by atoms with van der Waals surface area (Å²) in [6.07, 6.45) is 0.409. The summed E-state index contributed by atoms with van der Waals surface area (Å²) in [6, 6.07) is 14.1. The highest BCUT2D eigenvalue weighted by Crippen LogP contribution is 2.18. The fraction of sp³-hybridized carbons (Fsp3) is 0.267. The Morgan fingerprint density at radius 3 is 2.72 bits per heavy atom. The average molecular weight is 243 g/mol. The second kappa shape index (κ2) is 6.28. The van der Waals surface area contributed by atoms with Gasteiger partial charge in [0, 0.05) is 13.0 Å². The molecule has 0 spiro atoms. The monoisotopic (exact) mass is 243 g/mol. The predicted octanol–water partition coefficient (Wildman–Crippen LogP) is 1.93. The lowest BCUT2D eigenvalue weighted by Crippen LogP contribution is -2.16. The number of nitrogens with two attached hydrogens (primary N) is 1. The third-order valence-corrected chi connectivity index (χ3v) is 2.79. The normalized spacial score (nSPS) is 10.7. The Labute approximate surface area is 107 Å². The van der Waals surface area contributed by atoms with Crippen molar-refractivity contribution < 1.29 is 9.53 Å². The second-order valence-electron chi connectivity index (χ2n) is 4.19. The predicted molar refractivity (Wildman–Crippen MR) is 72.5 cm³/mol. The molecule has 0 aliphatic rings. The van der Waals surface area contributed by atoms with Crippen LogP contribution in [0, 0.1) is 0 Å². The summed E-state index contributed by atoms with van der Waals surface area (Å²) in [4.78, 5) is 11.8. The fourth-order valence-electron chi connectivity index (χ4n) is 1.98. The lowest BCUT2D eigenvalue weighted by atomic mass is 10.0. The van der Waals surface area contributed by atoms with E-state index in [9.17, 15) is 4.79 Å². The maximum absolute atomic E-state index is 11.8. The molecule has 0 aromatic heterocycles. The van der Waals surface area contributed by atoms with E-state index in [4.69, 9.17) is 10.5 Å². The molecule has 0 bridgehead atoms. The number of ketones is 1. The SMILES string of the molecule is NCCOCC(=O)Cc1cccc2ccccc12. The molecule has 0 fully saturated rings. The van der Waals surface area contributed by atoms with Gasteiger partial charge in [-0.2, -0.15) is 0 Å². The van der Waals surface area contributed by atoms with Gasteiger partial charge >= 0.3 is 0 Å². The number of carbonyl (C=O) groups is 1. The van der Waals surface area contributed by atoms with Crippen molar-refractivity contribution in [1.29, 1.82) is 0 Å². The molecule has 0 amide bonds. The molecule has 0 heterocycles. The minimum absolute atomic E-state index is 0.0832. The molecule has 2 aromatic rings. The van der Waals surface area contributed by atoms with Gasteiger partial charge in [-0.25, -0.2) is 0 Å². The Balaban J connectivity index is 2.09. The molecule has 0 radical (unpaired) electrons. The van der Waals surface area contributed by atoms with Crippen molar-refractivity contribution in [2.45, 2.75) is 6.42 Å². The topological polar surface area (TPSA) is 52.3 Å². The van der Waals surface area contributed by atoms with Crippen molar-refractivity contribution >= 4 is 16.6 Å². The molecule has 0 unspecified atom stereocenters. The molecule has 2 N–H and O–H groups in total. The molecule has 2 rings (SSSR count). The maximum Gasteiger partial charge on any atom is 0.162 e.